The van der Waals surface area contributed by atoms with Crippen molar-refractivity contribution in [2.75, 3.05) is 56.5 Å². The van der Waals surface area contributed by atoms with Gasteiger partial charge in [-0.25, -0.2) is 9.37 Å². The number of aromatic nitrogens is 2. The summed E-state index contributed by atoms with van der Waals surface area (Å²) in [5, 5.41) is 5.49. The van der Waals surface area contributed by atoms with Crippen LogP contribution in [0.2, 0.25) is 0 Å². The van der Waals surface area contributed by atoms with Gasteiger partial charge in [-0.15, -0.1) is 0 Å². The van der Waals surface area contributed by atoms with Gasteiger partial charge < -0.3 is 25.0 Å². The second-order valence-electron chi connectivity index (χ2n) is 9.41. The van der Waals surface area contributed by atoms with Gasteiger partial charge >= 0.3 is 6.18 Å². The van der Waals surface area contributed by atoms with Gasteiger partial charge in [0.25, 0.3) is 11.8 Å². The fourth-order valence-electron chi connectivity index (χ4n) is 4.60. The number of carbonyl (C=O) groups excluding carboxylic acids is 1. The topological polar surface area (TPSA) is 91.9 Å². The lowest BCUT2D eigenvalue weighted by Crippen LogP contribution is -2.45. The van der Waals surface area contributed by atoms with Crippen molar-refractivity contribution in [2.45, 2.75) is 19.6 Å². The minimum atomic E-state index is -4.61. The van der Waals surface area contributed by atoms with Crippen LogP contribution in [0.3, 0.4) is 0 Å². The van der Waals surface area contributed by atoms with Crippen LogP contribution in [0.4, 0.5) is 29.1 Å². The van der Waals surface area contributed by atoms with Crippen molar-refractivity contribution in [1.29, 1.82) is 0 Å². The van der Waals surface area contributed by atoms with E-state index >= 15 is 0 Å². The van der Waals surface area contributed by atoms with E-state index in [9.17, 15) is 22.4 Å². The Morgan fingerprint density at radius 1 is 1.10 bits per heavy atom. The number of alkyl halides is 3. The number of hydrogen-bond acceptors (Lipinski definition) is 8. The average molecular weight is 561 g/mol. The molecule has 1 aromatic heterocycles. The highest BCUT2D eigenvalue weighted by atomic mass is 19.4. The molecule has 40 heavy (non-hydrogen) atoms. The van der Waals surface area contributed by atoms with Crippen molar-refractivity contribution in [2.24, 2.45) is 0 Å². The predicted octanol–water partition coefficient (Wildman–Crippen LogP) is 4.62. The van der Waals surface area contributed by atoms with E-state index in [1.165, 1.54) is 24.5 Å². The Kier molecular flexibility index (Phi) is 8.03. The number of fused-ring (bicyclic) bond motifs is 1. The Morgan fingerprint density at radius 2 is 1.88 bits per heavy atom. The average Bonchev–Trinajstić information content (AvgIpc) is 2.95. The Bertz CT molecular complexity index is 1380. The molecule has 3 aromatic rings. The monoisotopic (exact) mass is 560 g/mol. The smallest absolute Gasteiger partial charge is 0.416 e. The third kappa shape index (κ3) is 6.26. The number of ether oxygens (including phenoxy) is 2. The summed E-state index contributed by atoms with van der Waals surface area (Å²) in [6.45, 7) is 6.95. The molecule has 0 aliphatic carbocycles. The molecule has 2 aliphatic heterocycles. The highest BCUT2D eigenvalue weighted by molar-refractivity contribution is 6.04. The van der Waals surface area contributed by atoms with Crippen LogP contribution in [0.1, 0.15) is 28.4 Å². The summed E-state index contributed by atoms with van der Waals surface area (Å²) in [4.78, 5) is 25.2. The molecular formula is C27H28F4N6O3. The summed E-state index contributed by atoms with van der Waals surface area (Å²) in [7, 11) is 0. The van der Waals surface area contributed by atoms with E-state index in [-0.39, 0.29) is 40.7 Å². The van der Waals surface area contributed by atoms with Crippen LogP contribution < -0.4 is 20.1 Å². The summed E-state index contributed by atoms with van der Waals surface area (Å²) >= 11 is 0. The first-order chi connectivity index (χ1) is 19.2. The first-order valence-corrected chi connectivity index (χ1v) is 12.9. The van der Waals surface area contributed by atoms with E-state index in [4.69, 9.17) is 9.47 Å². The molecule has 2 aromatic carbocycles. The fraction of sp³-hybridized carbons (Fsp3) is 0.370. The Hall–Kier alpha value is -3.97. The van der Waals surface area contributed by atoms with Gasteiger partial charge in [0.05, 0.1) is 12.1 Å². The van der Waals surface area contributed by atoms with E-state index in [1.807, 2.05) is 4.90 Å². The lowest BCUT2D eigenvalue weighted by Gasteiger charge is -2.34. The summed E-state index contributed by atoms with van der Waals surface area (Å²) < 4.78 is 67.5. The van der Waals surface area contributed by atoms with E-state index in [0.29, 0.717) is 32.1 Å². The zero-order valence-corrected chi connectivity index (χ0v) is 21.7. The number of nitrogens with one attached hydrogen (secondary N) is 2. The number of carbonyl (C=O) groups is 1. The van der Waals surface area contributed by atoms with Gasteiger partial charge in [-0.2, -0.15) is 18.2 Å². The normalized spacial score (nSPS) is 16.0. The van der Waals surface area contributed by atoms with Crippen LogP contribution in [-0.4, -0.2) is 71.6 Å². The molecule has 9 nitrogen and oxygen atoms in total. The number of amides is 1. The number of halogens is 4. The second-order valence-corrected chi connectivity index (χ2v) is 9.41. The van der Waals surface area contributed by atoms with Gasteiger partial charge in [-0.05, 0) is 42.4 Å². The number of nitrogens with zero attached hydrogens (tertiary/aromatic N) is 4. The van der Waals surface area contributed by atoms with E-state index in [1.54, 1.807) is 0 Å². The molecular weight excluding hydrogens is 532 g/mol. The highest BCUT2D eigenvalue weighted by Gasteiger charge is 2.34. The number of rotatable bonds is 7. The lowest BCUT2D eigenvalue weighted by atomic mass is 10.0. The molecule has 212 valence electrons. The summed E-state index contributed by atoms with van der Waals surface area (Å²) in [5.74, 6) is -1.26. The van der Waals surface area contributed by atoms with E-state index in [0.717, 1.165) is 37.8 Å². The molecule has 0 unspecified atom stereocenters. The number of anilines is 2. The summed E-state index contributed by atoms with van der Waals surface area (Å²) in [6.07, 6.45) is -3.39. The van der Waals surface area contributed by atoms with Gasteiger partial charge in [-0.3, -0.25) is 9.69 Å². The largest absolute Gasteiger partial charge is 0.483 e. The highest BCUT2D eigenvalue weighted by Crippen LogP contribution is 2.37. The maximum atomic E-state index is 14.6. The standard InChI is InChI=1S/C27H28F4N6O3/c1-2-36-8-10-37(11-9-36)15-18-3-5-19(14-20(18)27(29,30)31)35-25(38)17-4-6-21(28)22(13-17)40-26-23-24(33-16-34-26)32-7-12-39-23/h3-6,13-14,16H,2,7-12,15H2,1H3,(H,35,38)(H,32,33,34). The van der Waals surface area contributed by atoms with Crippen LogP contribution in [0.25, 0.3) is 0 Å². The van der Waals surface area contributed by atoms with Crippen molar-refractivity contribution in [3.05, 3.63) is 65.2 Å². The third-order valence-electron chi connectivity index (χ3n) is 6.79. The molecule has 0 atom stereocenters. The first kappa shape index (κ1) is 27.6. The van der Waals surface area contributed by atoms with Gasteiger partial charge in [0.2, 0.25) is 5.75 Å². The van der Waals surface area contributed by atoms with Crippen molar-refractivity contribution < 1.29 is 31.8 Å². The second kappa shape index (κ2) is 11.6. The molecule has 0 saturated carbocycles. The quantitative estimate of drug-likeness (QED) is 0.405. The SMILES string of the molecule is CCN1CCN(Cc2ccc(NC(=O)c3ccc(F)c(Oc4ncnc5c4OCCN5)c3)cc2C(F)(F)F)CC1. The van der Waals surface area contributed by atoms with E-state index in [2.05, 4.69) is 32.4 Å². The molecule has 0 spiro atoms. The zero-order chi connectivity index (χ0) is 28.3. The lowest BCUT2D eigenvalue weighted by molar-refractivity contribution is -0.138. The minimum Gasteiger partial charge on any atom is -0.483 e. The van der Waals surface area contributed by atoms with Crippen LogP contribution in [0.5, 0.6) is 17.4 Å². The van der Waals surface area contributed by atoms with Gasteiger partial charge in [0.15, 0.2) is 17.4 Å². The Labute approximate surface area is 228 Å². The predicted molar refractivity (Wildman–Crippen MR) is 139 cm³/mol. The van der Waals surface area contributed by atoms with Crippen molar-refractivity contribution in [3.63, 3.8) is 0 Å². The summed E-state index contributed by atoms with van der Waals surface area (Å²) in [5.41, 5.74) is -0.732. The maximum absolute atomic E-state index is 14.6. The Balaban J connectivity index is 1.32. The molecule has 13 heteroatoms. The number of benzene rings is 2. The van der Waals surface area contributed by atoms with Crippen molar-refractivity contribution in [1.82, 2.24) is 19.8 Å². The van der Waals surface area contributed by atoms with Crippen LogP contribution >= 0.6 is 0 Å². The molecule has 1 fully saturated rings. The molecule has 1 saturated heterocycles. The number of piperazine rings is 1. The molecule has 3 heterocycles. The van der Waals surface area contributed by atoms with Crippen molar-refractivity contribution in [3.8, 4) is 17.4 Å². The molecule has 2 aliphatic rings. The van der Waals surface area contributed by atoms with Crippen LogP contribution in [0, 0.1) is 5.82 Å². The van der Waals surface area contributed by atoms with Crippen LogP contribution in [0.15, 0.2) is 42.7 Å². The fourth-order valence-corrected chi connectivity index (χ4v) is 4.60. The van der Waals surface area contributed by atoms with Crippen molar-refractivity contribution >= 4 is 17.4 Å². The molecule has 5 rings (SSSR count). The molecule has 1 amide bonds. The summed E-state index contributed by atoms with van der Waals surface area (Å²) in [6, 6.07) is 7.12. The van der Waals surface area contributed by atoms with Gasteiger partial charge in [-0.1, -0.05) is 13.0 Å². The van der Waals surface area contributed by atoms with Gasteiger partial charge in [0.1, 0.15) is 12.9 Å². The van der Waals surface area contributed by atoms with Gasteiger partial charge in [0, 0.05) is 44.0 Å². The zero-order valence-electron chi connectivity index (χ0n) is 21.7. The molecule has 2 N–H and O–H groups in total. The maximum Gasteiger partial charge on any atom is 0.416 e. The Morgan fingerprint density at radius 3 is 2.62 bits per heavy atom. The third-order valence-corrected chi connectivity index (χ3v) is 6.79. The first-order valence-electron chi connectivity index (χ1n) is 12.9. The number of likely N-dealkylation sites (N-methyl/N-ethyl adjacent to an activating group) is 1. The molecule has 0 bridgehead atoms. The molecule has 0 radical (unpaired) electrons. The minimum absolute atomic E-state index is 0.0233. The van der Waals surface area contributed by atoms with E-state index < -0.39 is 23.5 Å². The van der Waals surface area contributed by atoms with Crippen LogP contribution in [-0.2, 0) is 12.7 Å². The number of hydrogen-bond donors (Lipinski definition) is 2.